The molecule has 0 bridgehead atoms. The molecule has 0 aliphatic heterocycles. The maximum Gasteiger partial charge on any atom is 0.416 e. The number of rotatable bonds is 3. The van der Waals surface area contributed by atoms with Crippen LogP contribution >= 0.6 is 0 Å². The van der Waals surface area contributed by atoms with Crippen molar-refractivity contribution in [3.05, 3.63) is 23.8 Å². The average molecular weight is 248 g/mol. The smallest absolute Gasteiger partial charge is 0.397 e. The van der Waals surface area contributed by atoms with Crippen LogP contribution in [0, 0.1) is 0 Å². The molecule has 0 fully saturated rings. The first-order chi connectivity index (χ1) is 7.71. The van der Waals surface area contributed by atoms with Gasteiger partial charge in [-0.1, -0.05) is 0 Å². The van der Waals surface area contributed by atoms with Gasteiger partial charge in [0.15, 0.2) is 0 Å². The highest BCUT2D eigenvalue weighted by atomic mass is 19.4. The standard InChI is InChI=1S/C11H15F3N2O/c1-7(17)6-16(2)10-4-3-8(5-9(10)15)11(12,13)14/h3-5,7,17H,6,15H2,1-2H3. The number of nitrogens with two attached hydrogens (primary N) is 1. The lowest BCUT2D eigenvalue weighted by molar-refractivity contribution is -0.137. The van der Waals surface area contributed by atoms with Gasteiger partial charge in [0, 0.05) is 13.6 Å². The fourth-order valence-electron chi connectivity index (χ4n) is 1.57. The fraction of sp³-hybridized carbons (Fsp3) is 0.455. The van der Waals surface area contributed by atoms with Crippen molar-refractivity contribution in [1.29, 1.82) is 0 Å². The van der Waals surface area contributed by atoms with E-state index in [1.807, 2.05) is 0 Å². The van der Waals surface area contributed by atoms with Crippen LogP contribution in [0.5, 0.6) is 0 Å². The van der Waals surface area contributed by atoms with Gasteiger partial charge in [-0.3, -0.25) is 0 Å². The summed E-state index contributed by atoms with van der Waals surface area (Å²) in [6.07, 6.45) is -4.98. The van der Waals surface area contributed by atoms with Crippen LogP contribution in [-0.4, -0.2) is 24.8 Å². The summed E-state index contributed by atoms with van der Waals surface area (Å²) in [7, 11) is 1.66. The summed E-state index contributed by atoms with van der Waals surface area (Å²) in [5.41, 5.74) is 5.31. The number of alkyl halides is 3. The maximum atomic E-state index is 12.4. The Morgan fingerprint density at radius 1 is 1.41 bits per heavy atom. The molecule has 0 aliphatic rings. The van der Waals surface area contributed by atoms with Crippen molar-refractivity contribution < 1.29 is 18.3 Å². The second kappa shape index (κ2) is 4.83. The molecule has 1 rings (SSSR count). The topological polar surface area (TPSA) is 49.5 Å². The zero-order valence-electron chi connectivity index (χ0n) is 9.62. The number of hydrogen-bond acceptors (Lipinski definition) is 3. The molecule has 6 heteroatoms. The molecule has 1 unspecified atom stereocenters. The molecular weight excluding hydrogens is 233 g/mol. The third-order valence-electron chi connectivity index (χ3n) is 2.30. The Labute approximate surface area is 97.6 Å². The van der Waals surface area contributed by atoms with Gasteiger partial charge in [0.05, 0.1) is 23.0 Å². The van der Waals surface area contributed by atoms with E-state index in [1.54, 1.807) is 18.9 Å². The molecule has 96 valence electrons. The van der Waals surface area contributed by atoms with Crippen LogP contribution < -0.4 is 10.6 Å². The molecule has 0 heterocycles. The predicted molar refractivity (Wildman–Crippen MR) is 60.8 cm³/mol. The molecule has 0 spiro atoms. The highest BCUT2D eigenvalue weighted by Crippen LogP contribution is 2.33. The lowest BCUT2D eigenvalue weighted by atomic mass is 10.1. The molecule has 1 aromatic carbocycles. The number of hydrogen-bond donors (Lipinski definition) is 2. The zero-order chi connectivity index (χ0) is 13.2. The lowest BCUT2D eigenvalue weighted by Crippen LogP contribution is -2.27. The first kappa shape index (κ1) is 13.6. The summed E-state index contributed by atoms with van der Waals surface area (Å²) in [6.45, 7) is 1.90. The van der Waals surface area contributed by atoms with E-state index in [0.29, 0.717) is 12.2 Å². The summed E-state index contributed by atoms with van der Waals surface area (Å²) in [4.78, 5) is 1.61. The van der Waals surface area contributed by atoms with E-state index in [1.165, 1.54) is 6.07 Å². The van der Waals surface area contributed by atoms with Crippen molar-refractivity contribution in [3.8, 4) is 0 Å². The molecule has 3 N–H and O–H groups in total. The minimum Gasteiger partial charge on any atom is -0.397 e. The molecule has 0 aromatic heterocycles. The number of nitrogen functional groups attached to an aromatic ring is 1. The molecule has 17 heavy (non-hydrogen) atoms. The molecule has 3 nitrogen and oxygen atoms in total. The van der Waals surface area contributed by atoms with Gasteiger partial charge < -0.3 is 15.7 Å². The van der Waals surface area contributed by atoms with E-state index in [-0.39, 0.29) is 5.69 Å². The van der Waals surface area contributed by atoms with Crippen molar-refractivity contribution in [3.63, 3.8) is 0 Å². The Hall–Kier alpha value is -1.43. The Kier molecular flexibility index (Phi) is 3.87. The number of aliphatic hydroxyl groups is 1. The van der Waals surface area contributed by atoms with E-state index in [9.17, 15) is 18.3 Å². The number of nitrogens with zero attached hydrogens (tertiary/aromatic N) is 1. The number of anilines is 2. The molecule has 0 radical (unpaired) electrons. The summed E-state index contributed by atoms with van der Waals surface area (Å²) < 4.78 is 37.2. The Morgan fingerprint density at radius 2 is 2.00 bits per heavy atom. The number of halogens is 3. The van der Waals surface area contributed by atoms with Crippen molar-refractivity contribution in [2.24, 2.45) is 0 Å². The molecule has 1 aromatic rings. The normalized spacial score (nSPS) is 13.5. The second-order valence-corrected chi connectivity index (χ2v) is 4.00. The molecule has 1 atom stereocenters. The second-order valence-electron chi connectivity index (χ2n) is 4.00. The van der Waals surface area contributed by atoms with Gasteiger partial charge in [0.1, 0.15) is 0 Å². The number of benzene rings is 1. The van der Waals surface area contributed by atoms with E-state index in [0.717, 1.165) is 12.1 Å². The third kappa shape index (κ3) is 3.52. The monoisotopic (exact) mass is 248 g/mol. The largest absolute Gasteiger partial charge is 0.416 e. The third-order valence-corrected chi connectivity index (χ3v) is 2.30. The minimum atomic E-state index is -4.39. The molecular formula is C11H15F3N2O. The van der Waals surface area contributed by atoms with Crippen LogP contribution in [0.1, 0.15) is 12.5 Å². The Morgan fingerprint density at radius 3 is 2.41 bits per heavy atom. The predicted octanol–water partition coefficient (Wildman–Crippen LogP) is 2.10. The van der Waals surface area contributed by atoms with Crippen molar-refractivity contribution >= 4 is 11.4 Å². The number of aliphatic hydroxyl groups excluding tert-OH is 1. The highest BCUT2D eigenvalue weighted by molar-refractivity contribution is 5.68. The van der Waals surface area contributed by atoms with Gasteiger partial charge in [-0.15, -0.1) is 0 Å². The van der Waals surface area contributed by atoms with E-state index < -0.39 is 17.8 Å². The minimum absolute atomic E-state index is 0.0444. The zero-order valence-corrected chi connectivity index (χ0v) is 9.62. The first-order valence-electron chi connectivity index (χ1n) is 5.07. The van der Waals surface area contributed by atoms with Gasteiger partial charge in [0.25, 0.3) is 0 Å². The first-order valence-corrected chi connectivity index (χ1v) is 5.07. The summed E-state index contributed by atoms with van der Waals surface area (Å²) in [6, 6.07) is 3.18. The lowest BCUT2D eigenvalue weighted by Gasteiger charge is -2.23. The van der Waals surface area contributed by atoms with Crippen LogP contribution in [0.4, 0.5) is 24.5 Å². The highest BCUT2D eigenvalue weighted by Gasteiger charge is 2.31. The van der Waals surface area contributed by atoms with E-state index in [2.05, 4.69) is 0 Å². The molecule has 0 aliphatic carbocycles. The van der Waals surface area contributed by atoms with Crippen molar-refractivity contribution in [2.45, 2.75) is 19.2 Å². The SMILES string of the molecule is CC(O)CN(C)c1ccc(C(F)(F)F)cc1N. The van der Waals surface area contributed by atoms with Gasteiger partial charge in [-0.05, 0) is 25.1 Å². The summed E-state index contributed by atoms with van der Waals surface area (Å²) >= 11 is 0. The van der Waals surface area contributed by atoms with Crippen molar-refractivity contribution in [1.82, 2.24) is 0 Å². The van der Waals surface area contributed by atoms with Gasteiger partial charge in [0.2, 0.25) is 0 Å². The van der Waals surface area contributed by atoms with E-state index >= 15 is 0 Å². The summed E-state index contributed by atoms with van der Waals surface area (Å²) in [5, 5.41) is 9.20. The fourth-order valence-corrected chi connectivity index (χ4v) is 1.57. The van der Waals surface area contributed by atoms with Crippen LogP contribution in [0.2, 0.25) is 0 Å². The Bertz CT molecular complexity index is 391. The van der Waals surface area contributed by atoms with Crippen LogP contribution in [-0.2, 0) is 6.18 Å². The van der Waals surface area contributed by atoms with Gasteiger partial charge >= 0.3 is 6.18 Å². The quantitative estimate of drug-likeness (QED) is 0.805. The van der Waals surface area contributed by atoms with Gasteiger partial charge in [-0.25, -0.2) is 0 Å². The van der Waals surface area contributed by atoms with Gasteiger partial charge in [-0.2, -0.15) is 13.2 Å². The number of likely N-dealkylation sites (N-methyl/N-ethyl adjacent to an activating group) is 1. The average Bonchev–Trinajstić information content (AvgIpc) is 2.14. The maximum absolute atomic E-state index is 12.4. The van der Waals surface area contributed by atoms with Crippen LogP contribution in [0.3, 0.4) is 0 Å². The Balaban J connectivity index is 2.98. The van der Waals surface area contributed by atoms with Crippen molar-refractivity contribution in [2.75, 3.05) is 24.2 Å². The van der Waals surface area contributed by atoms with Crippen LogP contribution in [0.15, 0.2) is 18.2 Å². The van der Waals surface area contributed by atoms with Crippen LogP contribution in [0.25, 0.3) is 0 Å². The van der Waals surface area contributed by atoms with E-state index in [4.69, 9.17) is 5.73 Å². The summed E-state index contributed by atoms with van der Waals surface area (Å²) in [5.74, 6) is 0. The molecule has 0 saturated carbocycles. The molecule has 0 amide bonds. The molecule has 0 saturated heterocycles.